The number of hydrogen-bond acceptors (Lipinski definition) is 4. The fraction of sp³-hybridized carbons (Fsp3) is 0.300. The Morgan fingerprint density at radius 1 is 1.15 bits per heavy atom. The first-order valence-electron chi connectivity index (χ1n) is 8.70. The van der Waals surface area contributed by atoms with Crippen molar-refractivity contribution >= 4 is 23.2 Å². The molecule has 0 saturated heterocycles. The lowest BCUT2D eigenvalue weighted by Crippen LogP contribution is -2.45. The van der Waals surface area contributed by atoms with Crippen LogP contribution in [-0.2, 0) is 9.59 Å². The van der Waals surface area contributed by atoms with E-state index in [1.807, 2.05) is 37.4 Å². The molecular formula is C20H23N3O3. The van der Waals surface area contributed by atoms with E-state index >= 15 is 0 Å². The van der Waals surface area contributed by atoms with Crippen LogP contribution >= 0.6 is 0 Å². The molecule has 6 heteroatoms. The molecule has 2 amide bonds. The van der Waals surface area contributed by atoms with Crippen molar-refractivity contribution in [2.75, 3.05) is 43.1 Å². The van der Waals surface area contributed by atoms with Crippen molar-refractivity contribution in [3.63, 3.8) is 0 Å². The zero-order valence-corrected chi connectivity index (χ0v) is 14.9. The van der Waals surface area contributed by atoms with E-state index in [1.165, 1.54) is 4.90 Å². The quantitative estimate of drug-likeness (QED) is 0.774. The lowest BCUT2D eigenvalue weighted by molar-refractivity contribution is -0.125. The van der Waals surface area contributed by atoms with E-state index in [0.717, 1.165) is 18.7 Å². The lowest BCUT2D eigenvalue weighted by atomic mass is 10.2. The van der Waals surface area contributed by atoms with Crippen LogP contribution in [0.2, 0.25) is 0 Å². The molecule has 0 atom stereocenters. The molecule has 0 fully saturated rings. The highest BCUT2D eigenvalue weighted by molar-refractivity contribution is 6.02. The molecule has 1 aliphatic rings. The molecular weight excluding hydrogens is 330 g/mol. The molecule has 0 aliphatic carbocycles. The topological polar surface area (TPSA) is 61.9 Å². The van der Waals surface area contributed by atoms with E-state index in [-0.39, 0.29) is 25.0 Å². The third kappa shape index (κ3) is 4.33. The fourth-order valence-corrected chi connectivity index (χ4v) is 2.88. The molecule has 2 aromatic carbocycles. The second-order valence-corrected chi connectivity index (χ2v) is 6.20. The highest BCUT2D eigenvalue weighted by Gasteiger charge is 2.26. The molecule has 0 spiro atoms. The number of anilines is 2. The Labute approximate surface area is 153 Å². The van der Waals surface area contributed by atoms with E-state index in [0.29, 0.717) is 18.0 Å². The Hall–Kier alpha value is -3.02. The van der Waals surface area contributed by atoms with E-state index in [9.17, 15) is 9.59 Å². The first-order valence-corrected chi connectivity index (χ1v) is 8.70. The van der Waals surface area contributed by atoms with Gasteiger partial charge in [-0.2, -0.15) is 0 Å². The first kappa shape index (κ1) is 17.8. The third-order valence-corrected chi connectivity index (χ3v) is 4.30. The molecule has 1 aliphatic heterocycles. The number of carbonyl (C=O) groups is 2. The van der Waals surface area contributed by atoms with Crippen LogP contribution in [0.3, 0.4) is 0 Å². The van der Waals surface area contributed by atoms with Crippen molar-refractivity contribution in [2.24, 2.45) is 0 Å². The van der Waals surface area contributed by atoms with Crippen LogP contribution in [0.15, 0.2) is 54.6 Å². The molecule has 2 aromatic rings. The minimum Gasteiger partial charge on any atom is -0.482 e. The molecule has 6 nitrogen and oxygen atoms in total. The van der Waals surface area contributed by atoms with E-state index in [1.54, 1.807) is 12.1 Å². The zero-order valence-electron chi connectivity index (χ0n) is 14.9. The summed E-state index contributed by atoms with van der Waals surface area (Å²) in [6.07, 6.45) is 0.824. The highest BCUT2D eigenvalue weighted by atomic mass is 16.5. The number of para-hydroxylation sites is 3. The smallest absolute Gasteiger partial charge is 0.265 e. The maximum Gasteiger partial charge on any atom is 0.265 e. The van der Waals surface area contributed by atoms with Crippen LogP contribution in [0, 0.1) is 0 Å². The molecule has 26 heavy (non-hydrogen) atoms. The van der Waals surface area contributed by atoms with Gasteiger partial charge in [0.15, 0.2) is 6.61 Å². The number of nitrogens with zero attached hydrogens (tertiary/aromatic N) is 2. The van der Waals surface area contributed by atoms with Gasteiger partial charge in [0.2, 0.25) is 5.91 Å². The van der Waals surface area contributed by atoms with Gasteiger partial charge in [0, 0.05) is 25.8 Å². The maximum absolute atomic E-state index is 12.2. The summed E-state index contributed by atoms with van der Waals surface area (Å²) in [6, 6.07) is 17.4. The standard InChI is InChI=1S/C20H23N3O3/c1-22(16-8-3-2-4-9-16)13-7-12-21-19(24)14-23-17-10-5-6-11-18(17)26-15-20(23)25/h2-6,8-11H,7,12-15H2,1H3,(H,21,24). The number of carbonyl (C=O) groups excluding carboxylic acids is 2. The molecule has 0 bridgehead atoms. The van der Waals surface area contributed by atoms with Crippen LogP contribution < -0.4 is 19.9 Å². The average Bonchev–Trinajstić information content (AvgIpc) is 2.68. The van der Waals surface area contributed by atoms with E-state index in [2.05, 4.69) is 22.3 Å². The summed E-state index contributed by atoms with van der Waals surface area (Å²) < 4.78 is 5.39. The highest BCUT2D eigenvalue weighted by Crippen LogP contribution is 2.31. The summed E-state index contributed by atoms with van der Waals surface area (Å²) in [6.45, 7) is 1.37. The predicted octanol–water partition coefficient (Wildman–Crippen LogP) is 2.05. The minimum absolute atomic E-state index is 0.00767. The Morgan fingerprint density at radius 3 is 2.69 bits per heavy atom. The molecule has 1 N–H and O–H groups in total. The van der Waals surface area contributed by atoms with Crippen molar-refractivity contribution in [1.82, 2.24) is 5.32 Å². The number of ether oxygens (including phenoxy) is 1. The Balaban J connectivity index is 1.45. The molecule has 0 aromatic heterocycles. The van der Waals surface area contributed by atoms with Crippen LogP contribution in [0.1, 0.15) is 6.42 Å². The van der Waals surface area contributed by atoms with Crippen LogP contribution in [-0.4, -0.2) is 45.1 Å². The van der Waals surface area contributed by atoms with Crippen LogP contribution in [0.5, 0.6) is 5.75 Å². The SMILES string of the molecule is CN(CCCNC(=O)CN1C(=O)COc2ccccc21)c1ccccc1. The number of fused-ring (bicyclic) bond motifs is 1. The molecule has 136 valence electrons. The van der Waals surface area contributed by atoms with Crippen LogP contribution in [0.4, 0.5) is 11.4 Å². The molecule has 1 heterocycles. The number of rotatable bonds is 7. The molecule has 0 unspecified atom stereocenters. The van der Waals surface area contributed by atoms with Crippen LogP contribution in [0.25, 0.3) is 0 Å². The van der Waals surface area contributed by atoms with Gasteiger partial charge in [0.05, 0.1) is 5.69 Å². The van der Waals surface area contributed by atoms with E-state index < -0.39 is 0 Å². The second kappa shape index (κ2) is 8.38. The fourth-order valence-electron chi connectivity index (χ4n) is 2.88. The summed E-state index contributed by atoms with van der Waals surface area (Å²) in [5.74, 6) is 0.254. The summed E-state index contributed by atoms with van der Waals surface area (Å²) in [5, 5.41) is 2.89. The van der Waals surface area contributed by atoms with Gasteiger partial charge < -0.3 is 15.0 Å². The zero-order chi connectivity index (χ0) is 18.4. The Kier molecular flexibility index (Phi) is 5.73. The summed E-state index contributed by atoms with van der Waals surface area (Å²) in [5.41, 5.74) is 1.79. The van der Waals surface area contributed by atoms with Gasteiger partial charge in [-0.3, -0.25) is 14.5 Å². The van der Waals surface area contributed by atoms with Gasteiger partial charge in [-0.05, 0) is 30.7 Å². The van der Waals surface area contributed by atoms with Crippen molar-refractivity contribution < 1.29 is 14.3 Å². The minimum atomic E-state index is -0.206. The van der Waals surface area contributed by atoms with Crippen molar-refractivity contribution in [2.45, 2.75) is 6.42 Å². The van der Waals surface area contributed by atoms with Gasteiger partial charge in [-0.1, -0.05) is 30.3 Å². The maximum atomic E-state index is 12.2. The van der Waals surface area contributed by atoms with Gasteiger partial charge in [-0.25, -0.2) is 0 Å². The van der Waals surface area contributed by atoms with Gasteiger partial charge in [0.25, 0.3) is 5.91 Å². The number of benzene rings is 2. The Morgan fingerprint density at radius 2 is 1.88 bits per heavy atom. The summed E-state index contributed by atoms with van der Waals surface area (Å²) in [4.78, 5) is 27.9. The molecule has 0 radical (unpaired) electrons. The van der Waals surface area contributed by atoms with Crippen molar-refractivity contribution in [3.05, 3.63) is 54.6 Å². The number of nitrogens with one attached hydrogen (secondary N) is 1. The van der Waals surface area contributed by atoms with Gasteiger partial charge in [0.1, 0.15) is 12.3 Å². The monoisotopic (exact) mass is 353 g/mol. The van der Waals surface area contributed by atoms with Crippen molar-refractivity contribution in [3.8, 4) is 5.75 Å². The molecule has 0 saturated carbocycles. The van der Waals surface area contributed by atoms with Crippen molar-refractivity contribution in [1.29, 1.82) is 0 Å². The Bertz CT molecular complexity index is 764. The summed E-state index contributed by atoms with van der Waals surface area (Å²) in [7, 11) is 2.03. The van der Waals surface area contributed by atoms with Gasteiger partial charge >= 0.3 is 0 Å². The largest absolute Gasteiger partial charge is 0.482 e. The second-order valence-electron chi connectivity index (χ2n) is 6.20. The first-order chi connectivity index (χ1) is 12.6. The number of hydrogen-bond donors (Lipinski definition) is 1. The summed E-state index contributed by atoms with van der Waals surface area (Å²) >= 11 is 0. The van der Waals surface area contributed by atoms with E-state index in [4.69, 9.17) is 4.74 Å². The normalized spacial score (nSPS) is 13.0. The average molecular weight is 353 g/mol. The van der Waals surface area contributed by atoms with Gasteiger partial charge in [-0.15, -0.1) is 0 Å². The molecule has 3 rings (SSSR count). The predicted molar refractivity (Wildman–Crippen MR) is 102 cm³/mol. The third-order valence-electron chi connectivity index (χ3n) is 4.30. The lowest BCUT2D eigenvalue weighted by Gasteiger charge is -2.28. The number of amides is 2.